The molecule has 0 amide bonds. The predicted octanol–water partition coefficient (Wildman–Crippen LogP) is 3.42. The third-order valence-electron chi connectivity index (χ3n) is 4.63. The van der Waals surface area contributed by atoms with Gasteiger partial charge in [-0.15, -0.1) is 13.2 Å². The Kier molecular flexibility index (Phi) is 6.99. The van der Waals surface area contributed by atoms with Crippen molar-refractivity contribution in [2.24, 2.45) is 7.05 Å². The van der Waals surface area contributed by atoms with Crippen LogP contribution in [0.2, 0.25) is 5.02 Å². The summed E-state index contributed by atoms with van der Waals surface area (Å²) in [5.74, 6) is -1.65. The van der Waals surface area contributed by atoms with E-state index in [4.69, 9.17) is 11.6 Å². The van der Waals surface area contributed by atoms with Gasteiger partial charge in [0.2, 0.25) is 11.4 Å². The van der Waals surface area contributed by atoms with E-state index >= 15 is 0 Å². The molecule has 0 spiro atoms. The lowest BCUT2D eigenvalue weighted by molar-refractivity contribution is -0.651. The molecule has 0 unspecified atom stereocenters. The number of rotatable bonds is 5. The Labute approximate surface area is 194 Å². The van der Waals surface area contributed by atoms with Gasteiger partial charge in [0.15, 0.2) is 16.3 Å². The Hall–Kier alpha value is -2.79. The number of thioether (sulfide) groups is 1. The Morgan fingerprint density at radius 3 is 2.69 bits per heavy atom. The molecule has 4 rings (SSSR count). The van der Waals surface area contributed by atoms with E-state index in [1.54, 1.807) is 35.4 Å². The first-order chi connectivity index (χ1) is 15.1. The van der Waals surface area contributed by atoms with Crippen LogP contribution in [0.5, 0.6) is 0 Å². The van der Waals surface area contributed by atoms with Crippen LogP contribution in [0, 0.1) is 0 Å². The van der Waals surface area contributed by atoms with E-state index in [0.717, 1.165) is 16.0 Å². The fraction of sp³-hybridized carbons (Fsp3) is 0.143. The van der Waals surface area contributed by atoms with Crippen molar-refractivity contribution >= 4 is 62.2 Å². The van der Waals surface area contributed by atoms with Crippen molar-refractivity contribution in [3.8, 4) is 0 Å². The molecule has 11 heteroatoms. The molecule has 0 bridgehead atoms. The topological polar surface area (TPSA) is 107 Å². The van der Waals surface area contributed by atoms with Gasteiger partial charge in [-0.05, 0) is 24.3 Å². The summed E-state index contributed by atoms with van der Waals surface area (Å²) < 4.78 is 36.9. The summed E-state index contributed by atoms with van der Waals surface area (Å²) >= 11 is 7.53. The Bertz CT molecular complexity index is 1330. The van der Waals surface area contributed by atoms with Gasteiger partial charge in [-0.3, -0.25) is 4.79 Å². The minimum Gasteiger partial charge on any atom is -0.743 e. The number of benzene rings is 1. The van der Waals surface area contributed by atoms with Crippen LogP contribution in [0.15, 0.2) is 65.8 Å². The van der Waals surface area contributed by atoms with Gasteiger partial charge in [0.1, 0.15) is 12.1 Å². The molecule has 0 radical (unpaired) electrons. The second-order valence-corrected chi connectivity index (χ2v) is 9.64. The number of carbonyl (C=O) groups is 1. The zero-order valence-corrected chi connectivity index (χ0v) is 19.5. The van der Waals surface area contributed by atoms with E-state index < -0.39 is 22.0 Å². The molecule has 3 aromatic rings. The number of carboxylic acid groups (broad SMARTS) is 1. The third kappa shape index (κ3) is 4.99. The molecule has 0 atom stereocenters. The molecule has 1 aromatic carbocycles. The summed E-state index contributed by atoms with van der Waals surface area (Å²) in [6.45, 7) is 5.77. The second-order valence-electron chi connectivity index (χ2n) is 6.76. The molecule has 0 saturated heterocycles. The maximum Gasteiger partial charge on any atom is 0.323 e. The Morgan fingerprint density at radius 2 is 2.03 bits per heavy atom. The summed E-state index contributed by atoms with van der Waals surface area (Å²) in [4.78, 5) is 14.0. The quantitative estimate of drug-likeness (QED) is 0.329. The van der Waals surface area contributed by atoms with Gasteiger partial charge in [0.25, 0.3) is 0 Å². The molecule has 2 aromatic heterocycles. The summed E-state index contributed by atoms with van der Waals surface area (Å²) in [5.41, 5.74) is 2.78. The Morgan fingerprint density at radius 1 is 1.31 bits per heavy atom. The van der Waals surface area contributed by atoms with Crippen molar-refractivity contribution in [1.29, 1.82) is 0 Å². The molecule has 32 heavy (non-hydrogen) atoms. The summed E-state index contributed by atoms with van der Waals surface area (Å²) in [6.07, 6.45) is 5.15. The zero-order valence-electron chi connectivity index (χ0n) is 17.1. The van der Waals surface area contributed by atoms with Gasteiger partial charge in [-0.1, -0.05) is 23.4 Å². The van der Waals surface area contributed by atoms with E-state index in [9.17, 15) is 22.9 Å². The monoisotopic (exact) mass is 493 g/mol. The number of hydrogen-bond donors (Lipinski definition) is 1. The molecule has 8 nitrogen and oxygen atoms in total. The minimum atomic E-state index is -4.46. The predicted molar refractivity (Wildman–Crippen MR) is 124 cm³/mol. The number of aryl methyl sites for hydroxylation is 1. The molecule has 1 N–H and O–H groups in total. The van der Waals surface area contributed by atoms with Gasteiger partial charge in [0, 0.05) is 40.9 Å². The number of nitrogens with zero attached hydrogens (tertiary/aromatic N) is 3. The number of fused-ring (bicyclic) bond motifs is 2. The van der Waals surface area contributed by atoms with Crippen LogP contribution in [0.4, 0.5) is 5.69 Å². The van der Waals surface area contributed by atoms with Crippen molar-refractivity contribution < 1.29 is 27.4 Å². The largest absolute Gasteiger partial charge is 0.743 e. The highest BCUT2D eigenvalue weighted by molar-refractivity contribution is 8.03. The van der Waals surface area contributed by atoms with Gasteiger partial charge in [-0.2, -0.15) is 4.57 Å². The molecule has 0 fully saturated rings. The number of halogens is 1. The van der Waals surface area contributed by atoms with Gasteiger partial charge >= 0.3 is 5.97 Å². The van der Waals surface area contributed by atoms with E-state index in [1.807, 2.05) is 23.8 Å². The van der Waals surface area contributed by atoms with E-state index in [1.165, 1.54) is 22.5 Å². The number of pyridine rings is 1. The summed E-state index contributed by atoms with van der Waals surface area (Å²) in [6, 6.07) is 8.75. The highest BCUT2D eigenvalue weighted by atomic mass is 35.5. The first-order valence-corrected chi connectivity index (χ1v) is 12.0. The van der Waals surface area contributed by atoms with Gasteiger partial charge < -0.3 is 19.1 Å². The molecule has 3 heterocycles. The lowest BCUT2D eigenvalue weighted by Gasteiger charge is -2.18. The lowest BCUT2D eigenvalue weighted by Crippen LogP contribution is -2.38. The van der Waals surface area contributed by atoms with Gasteiger partial charge in [-0.25, -0.2) is 8.42 Å². The number of aliphatic carboxylic acids is 1. The molecular formula is C21H20ClN3O5S2. The summed E-state index contributed by atoms with van der Waals surface area (Å²) in [7, 11) is -2.65. The highest BCUT2D eigenvalue weighted by Crippen LogP contribution is 2.47. The minimum absolute atomic E-state index is 0.232. The average molecular weight is 494 g/mol. The van der Waals surface area contributed by atoms with E-state index in [0.29, 0.717) is 21.3 Å². The van der Waals surface area contributed by atoms with Crippen LogP contribution in [-0.2, 0) is 27.8 Å². The van der Waals surface area contributed by atoms with Crippen LogP contribution < -0.4 is 9.47 Å². The molecule has 1 aliphatic rings. The normalized spacial score (nSPS) is 14.3. The van der Waals surface area contributed by atoms with Crippen LogP contribution in [0.1, 0.15) is 5.56 Å². The number of hydrogen-bond acceptors (Lipinski definition) is 6. The van der Waals surface area contributed by atoms with Crippen molar-refractivity contribution in [1.82, 2.24) is 4.57 Å². The van der Waals surface area contributed by atoms with E-state index in [-0.39, 0.29) is 6.54 Å². The summed E-state index contributed by atoms with van der Waals surface area (Å²) in [5, 5.41) is 10.6. The van der Waals surface area contributed by atoms with Crippen LogP contribution in [0.3, 0.4) is 0 Å². The standard InChI is InChI=1S/C19H16ClN3O5S2.C2H4/c1-21-6-5-14-19(21)12(4-7-22(14)11-30(26,27)28)8-17-23(10-18(24)25)15-9-13(20)2-3-16(15)29-17;1-2/h2-9H,10-11H2,1H3,(H-,24,25,26,27,28);1-2H2. The molecule has 1 aliphatic heterocycles. The van der Waals surface area contributed by atoms with Crippen LogP contribution in [0.25, 0.3) is 17.1 Å². The fourth-order valence-corrected chi connectivity index (χ4v) is 5.27. The third-order valence-corrected chi connectivity index (χ3v) is 6.57. The van der Waals surface area contributed by atoms with Crippen LogP contribution in [-0.4, -0.2) is 35.2 Å². The number of aromatic nitrogens is 2. The maximum absolute atomic E-state index is 11.4. The number of carboxylic acids is 1. The van der Waals surface area contributed by atoms with Crippen molar-refractivity contribution in [2.45, 2.75) is 10.8 Å². The first kappa shape index (κ1) is 23.9. The van der Waals surface area contributed by atoms with Gasteiger partial charge in [0.05, 0.1) is 10.7 Å². The molecular weight excluding hydrogens is 474 g/mol. The Balaban J connectivity index is 0.00000141. The first-order valence-electron chi connectivity index (χ1n) is 9.22. The average Bonchev–Trinajstić information content (AvgIpc) is 3.25. The SMILES string of the molecule is C=C.Cn1ccc2c1c(C=C1Sc3ccc(Cl)cc3N1CC(=O)O)cc[n+]2CS(=O)(=O)[O-]. The highest BCUT2D eigenvalue weighted by Gasteiger charge is 2.28. The maximum atomic E-state index is 11.4. The lowest BCUT2D eigenvalue weighted by atomic mass is 10.2. The van der Waals surface area contributed by atoms with E-state index in [2.05, 4.69) is 13.2 Å². The van der Waals surface area contributed by atoms with Crippen molar-refractivity contribution in [3.05, 3.63) is 71.5 Å². The molecule has 0 aliphatic carbocycles. The molecule has 168 valence electrons. The van der Waals surface area contributed by atoms with Crippen molar-refractivity contribution in [3.63, 3.8) is 0 Å². The second kappa shape index (κ2) is 9.37. The van der Waals surface area contributed by atoms with Crippen LogP contribution >= 0.6 is 23.4 Å². The number of anilines is 1. The fourth-order valence-electron chi connectivity index (χ4n) is 3.44. The van der Waals surface area contributed by atoms with Crippen molar-refractivity contribution in [2.75, 3.05) is 11.4 Å². The zero-order chi connectivity index (χ0) is 23.6. The smallest absolute Gasteiger partial charge is 0.323 e. The molecule has 0 saturated carbocycles.